The zero-order valence-electron chi connectivity index (χ0n) is 6.22. The fourth-order valence-electron chi connectivity index (χ4n) is 0.778. The number of carbonyl (C=O) groups excluding carboxylic acids is 1. The fourth-order valence-corrected chi connectivity index (χ4v) is 0.778. The minimum atomic E-state index is 0.129. The molecule has 10 heavy (non-hydrogen) atoms. The molecule has 0 spiro atoms. The van der Waals surface area contributed by atoms with Crippen molar-refractivity contribution in [2.24, 2.45) is 0 Å². The molecule has 1 aliphatic carbocycles. The molecule has 0 aliphatic heterocycles. The highest BCUT2D eigenvalue weighted by Gasteiger charge is 2.31. The van der Waals surface area contributed by atoms with Crippen molar-refractivity contribution < 1.29 is 9.53 Å². The monoisotopic (exact) mass is 140 g/mol. The molecule has 1 fully saturated rings. The van der Waals surface area contributed by atoms with Gasteiger partial charge in [0.25, 0.3) is 0 Å². The largest absolute Gasteiger partial charge is 0.373 e. The molecule has 0 aromatic rings. The van der Waals surface area contributed by atoms with E-state index >= 15 is 0 Å². The van der Waals surface area contributed by atoms with E-state index in [9.17, 15) is 4.79 Å². The van der Waals surface area contributed by atoms with Gasteiger partial charge in [0.1, 0.15) is 5.94 Å². The van der Waals surface area contributed by atoms with E-state index in [2.05, 4.69) is 6.92 Å². The van der Waals surface area contributed by atoms with Crippen LogP contribution in [0.5, 0.6) is 0 Å². The first-order valence-corrected chi connectivity index (χ1v) is 3.74. The van der Waals surface area contributed by atoms with E-state index in [1.54, 1.807) is 0 Å². The number of unbranched alkanes of at least 4 members (excludes halogenated alkanes) is 1. The predicted molar refractivity (Wildman–Crippen MR) is 38.5 cm³/mol. The van der Waals surface area contributed by atoms with Crippen molar-refractivity contribution in [3.63, 3.8) is 0 Å². The van der Waals surface area contributed by atoms with Gasteiger partial charge >= 0.3 is 0 Å². The molecule has 1 saturated carbocycles. The Bertz CT molecular complexity index is 157. The van der Waals surface area contributed by atoms with Crippen molar-refractivity contribution in [2.45, 2.75) is 32.3 Å². The van der Waals surface area contributed by atoms with Crippen LogP contribution in [0, 0.1) is 0 Å². The van der Waals surface area contributed by atoms with E-state index in [1.807, 2.05) is 5.94 Å². The Kier molecular flexibility index (Phi) is 2.67. The first kappa shape index (κ1) is 7.52. The highest BCUT2D eigenvalue weighted by molar-refractivity contribution is 5.61. The average Bonchev–Trinajstić information content (AvgIpc) is 2.68. The molecule has 0 aromatic heterocycles. The lowest BCUT2D eigenvalue weighted by molar-refractivity contribution is 0.125. The normalized spacial score (nSPS) is 22.5. The van der Waals surface area contributed by atoms with Gasteiger partial charge in [0.05, 0.1) is 6.10 Å². The summed E-state index contributed by atoms with van der Waals surface area (Å²) in [6, 6.07) is 0. The summed E-state index contributed by atoms with van der Waals surface area (Å²) in [5.74, 6) is 1.86. The van der Waals surface area contributed by atoms with E-state index in [-0.39, 0.29) is 6.10 Å². The lowest BCUT2D eigenvalue weighted by atomic mass is 10.4. The summed E-state index contributed by atoms with van der Waals surface area (Å²) in [7, 11) is 0. The summed E-state index contributed by atoms with van der Waals surface area (Å²) in [5, 5.41) is 0. The molecule has 1 aliphatic rings. The molecule has 0 saturated heterocycles. The minimum Gasteiger partial charge on any atom is -0.373 e. The van der Waals surface area contributed by atoms with E-state index in [4.69, 9.17) is 4.74 Å². The smallest absolute Gasteiger partial charge is 0.126 e. The summed E-state index contributed by atoms with van der Waals surface area (Å²) >= 11 is 0. The van der Waals surface area contributed by atoms with Crippen molar-refractivity contribution in [1.82, 2.24) is 0 Å². The standard InChI is InChI=1S/C8H12O2/c1-2-3-4-10-8-5-7(8)6-9/h8H,2-5H2,1H3. The van der Waals surface area contributed by atoms with Crippen LogP contribution in [-0.2, 0) is 9.53 Å². The Hall–Kier alpha value is -0.590. The van der Waals surface area contributed by atoms with Gasteiger partial charge in [0, 0.05) is 18.6 Å². The van der Waals surface area contributed by atoms with Gasteiger partial charge in [0.2, 0.25) is 0 Å². The van der Waals surface area contributed by atoms with Gasteiger partial charge in [-0.3, -0.25) is 0 Å². The van der Waals surface area contributed by atoms with Gasteiger partial charge in [0.15, 0.2) is 0 Å². The second-order valence-electron chi connectivity index (χ2n) is 2.54. The molecule has 0 aromatic carbocycles. The highest BCUT2D eigenvalue weighted by Crippen LogP contribution is 2.29. The lowest BCUT2D eigenvalue weighted by Gasteiger charge is -1.96. The Balaban J connectivity index is 2.02. The molecular formula is C8H12O2. The van der Waals surface area contributed by atoms with Gasteiger partial charge in [-0.25, -0.2) is 4.79 Å². The van der Waals surface area contributed by atoms with Gasteiger partial charge in [-0.1, -0.05) is 13.3 Å². The Morgan fingerprint density at radius 3 is 3.10 bits per heavy atom. The summed E-state index contributed by atoms with van der Waals surface area (Å²) < 4.78 is 5.30. The Morgan fingerprint density at radius 1 is 1.80 bits per heavy atom. The number of ether oxygens (including phenoxy) is 1. The van der Waals surface area contributed by atoms with Crippen LogP contribution in [0.3, 0.4) is 0 Å². The van der Waals surface area contributed by atoms with E-state index in [0.29, 0.717) is 0 Å². The second kappa shape index (κ2) is 3.55. The summed E-state index contributed by atoms with van der Waals surface area (Å²) in [6.07, 6.45) is 3.17. The summed E-state index contributed by atoms with van der Waals surface area (Å²) in [4.78, 5) is 9.97. The van der Waals surface area contributed by atoms with Crippen LogP contribution in [0.2, 0.25) is 0 Å². The third-order valence-electron chi connectivity index (χ3n) is 1.58. The topological polar surface area (TPSA) is 26.3 Å². The molecule has 2 heteroatoms. The molecule has 2 nitrogen and oxygen atoms in total. The molecule has 0 amide bonds. The van der Waals surface area contributed by atoms with Crippen molar-refractivity contribution >= 4 is 5.94 Å². The lowest BCUT2D eigenvalue weighted by Crippen LogP contribution is -1.95. The first-order chi connectivity index (χ1) is 4.88. The van der Waals surface area contributed by atoms with E-state index < -0.39 is 0 Å². The van der Waals surface area contributed by atoms with Crippen molar-refractivity contribution in [1.29, 1.82) is 0 Å². The molecular weight excluding hydrogens is 128 g/mol. The first-order valence-electron chi connectivity index (χ1n) is 3.74. The Labute approximate surface area is 60.9 Å². The molecule has 56 valence electrons. The third kappa shape index (κ3) is 1.98. The maximum absolute atomic E-state index is 9.97. The van der Waals surface area contributed by atoms with Crippen LogP contribution in [0.1, 0.15) is 26.2 Å². The molecule has 0 radical (unpaired) electrons. The van der Waals surface area contributed by atoms with Gasteiger partial charge < -0.3 is 4.74 Å². The van der Waals surface area contributed by atoms with Crippen LogP contribution < -0.4 is 0 Å². The maximum atomic E-state index is 9.97. The molecule has 1 atom stereocenters. The fraction of sp³-hybridized carbons (Fsp3) is 0.750. The van der Waals surface area contributed by atoms with Crippen LogP contribution in [0.4, 0.5) is 0 Å². The summed E-state index contributed by atoms with van der Waals surface area (Å²) in [5.41, 5.74) is 0.802. The van der Waals surface area contributed by atoms with E-state index in [0.717, 1.165) is 31.4 Å². The number of hydrogen-bond donors (Lipinski definition) is 0. The molecule has 1 rings (SSSR count). The number of hydrogen-bond acceptors (Lipinski definition) is 2. The highest BCUT2D eigenvalue weighted by atomic mass is 16.5. The van der Waals surface area contributed by atoms with Gasteiger partial charge in [-0.2, -0.15) is 0 Å². The minimum absolute atomic E-state index is 0.129. The van der Waals surface area contributed by atoms with E-state index in [1.165, 1.54) is 0 Å². The van der Waals surface area contributed by atoms with Crippen LogP contribution in [0.15, 0.2) is 5.57 Å². The zero-order valence-corrected chi connectivity index (χ0v) is 6.22. The molecule has 0 heterocycles. The molecule has 1 unspecified atom stereocenters. The third-order valence-corrected chi connectivity index (χ3v) is 1.58. The van der Waals surface area contributed by atoms with Gasteiger partial charge in [-0.05, 0) is 6.42 Å². The maximum Gasteiger partial charge on any atom is 0.126 e. The quantitative estimate of drug-likeness (QED) is 0.435. The van der Waals surface area contributed by atoms with Crippen molar-refractivity contribution in [3.05, 3.63) is 5.57 Å². The van der Waals surface area contributed by atoms with Crippen LogP contribution in [0.25, 0.3) is 0 Å². The van der Waals surface area contributed by atoms with Crippen LogP contribution in [-0.4, -0.2) is 18.7 Å². The van der Waals surface area contributed by atoms with Crippen molar-refractivity contribution in [3.8, 4) is 0 Å². The number of rotatable bonds is 4. The molecule has 0 bridgehead atoms. The van der Waals surface area contributed by atoms with Crippen molar-refractivity contribution in [2.75, 3.05) is 6.61 Å². The summed E-state index contributed by atoms with van der Waals surface area (Å²) in [6.45, 7) is 2.90. The predicted octanol–water partition coefficient (Wildman–Crippen LogP) is 1.33. The average molecular weight is 140 g/mol. The second-order valence-corrected chi connectivity index (χ2v) is 2.54. The van der Waals surface area contributed by atoms with Crippen LogP contribution >= 0.6 is 0 Å². The Morgan fingerprint density at radius 2 is 2.60 bits per heavy atom. The zero-order chi connectivity index (χ0) is 7.40. The molecule has 0 N–H and O–H groups in total. The SMILES string of the molecule is CCCCOC1CC1=C=O. The van der Waals surface area contributed by atoms with Gasteiger partial charge in [-0.15, -0.1) is 0 Å².